The second-order valence-corrected chi connectivity index (χ2v) is 2.95. The van der Waals surface area contributed by atoms with Crippen LogP contribution in [0.2, 0.25) is 0 Å². The molecular weight excluding hydrogens is 138 g/mol. The normalized spacial score (nSPS) is 13.1. The molecule has 0 fully saturated rings. The lowest BCUT2D eigenvalue weighted by Crippen LogP contribution is -2.14. The summed E-state index contributed by atoms with van der Waals surface area (Å²) in [5.74, 6) is 0. The van der Waals surface area contributed by atoms with E-state index in [1.807, 2.05) is 6.92 Å². The Balaban J connectivity index is 3.43. The number of carbonyl (C=O) groups is 1. The number of carbonyl (C=O) groups excluding carboxylic acids is 1. The molecule has 0 saturated carbocycles. The molecule has 0 saturated heterocycles. The quantitative estimate of drug-likeness (QED) is 0.616. The predicted molar refractivity (Wildman–Crippen MR) is 38.3 cm³/mol. The molecule has 0 aromatic heterocycles. The monoisotopic (exact) mass is 149 g/mol. The van der Waals surface area contributed by atoms with Crippen molar-refractivity contribution in [3.05, 3.63) is 0 Å². The lowest BCUT2D eigenvalue weighted by atomic mass is 10.3. The molecule has 0 rings (SSSR count). The van der Waals surface area contributed by atoms with Gasteiger partial charge in [-0.1, -0.05) is 18.7 Å². The number of rotatable bonds is 3. The van der Waals surface area contributed by atoms with Crippen molar-refractivity contribution >= 4 is 17.0 Å². The number of nitrogens with two attached hydrogens (primary N) is 1. The van der Waals surface area contributed by atoms with Gasteiger partial charge < -0.3 is 10.8 Å². The molecule has 0 aromatic carbocycles. The smallest absolute Gasteiger partial charge is 0.276 e. The highest BCUT2D eigenvalue weighted by atomic mass is 32.2. The maximum Gasteiger partial charge on any atom is 0.276 e. The van der Waals surface area contributed by atoms with Crippen molar-refractivity contribution in [3.63, 3.8) is 0 Å². The minimum absolute atomic E-state index is 0.0180. The Morgan fingerprint density at radius 1 is 1.89 bits per heavy atom. The zero-order valence-corrected chi connectivity index (χ0v) is 6.15. The minimum atomic E-state index is -0.420. The first kappa shape index (κ1) is 8.78. The lowest BCUT2D eigenvalue weighted by molar-refractivity contribution is 0.266. The Hall–Kier alpha value is -0.220. The molecule has 0 aliphatic rings. The average Bonchev–Trinajstić information content (AvgIpc) is 1.82. The summed E-state index contributed by atoms with van der Waals surface area (Å²) in [6.45, 7) is 1.92. The molecule has 0 aromatic rings. The fourth-order valence-corrected chi connectivity index (χ4v) is 0.984. The van der Waals surface area contributed by atoms with Crippen LogP contribution in [0.15, 0.2) is 0 Å². The molecule has 1 atom stereocenters. The summed E-state index contributed by atoms with van der Waals surface area (Å²) in [6, 6.07) is 0. The Morgan fingerprint density at radius 3 is 2.56 bits per heavy atom. The second kappa shape index (κ2) is 4.64. The minimum Gasteiger partial charge on any atom is -0.395 e. The van der Waals surface area contributed by atoms with Gasteiger partial charge in [-0.05, 0) is 6.42 Å². The van der Waals surface area contributed by atoms with Crippen molar-refractivity contribution < 1.29 is 9.90 Å². The van der Waals surface area contributed by atoms with E-state index in [1.165, 1.54) is 0 Å². The van der Waals surface area contributed by atoms with Crippen LogP contribution in [-0.4, -0.2) is 22.2 Å². The third-order valence-electron chi connectivity index (χ3n) is 0.942. The van der Waals surface area contributed by atoms with Gasteiger partial charge in [-0.3, -0.25) is 4.79 Å². The summed E-state index contributed by atoms with van der Waals surface area (Å²) in [7, 11) is 0. The Bertz CT molecular complexity index is 93.0. The van der Waals surface area contributed by atoms with E-state index >= 15 is 0 Å². The van der Waals surface area contributed by atoms with Gasteiger partial charge in [-0.25, -0.2) is 0 Å². The van der Waals surface area contributed by atoms with Crippen molar-refractivity contribution in [2.24, 2.45) is 5.73 Å². The molecule has 3 N–H and O–H groups in total. The first-order valence-electron chi connectivity index (χ1n) is 2.77. The molecular formula is C5H11NO2S. The first-order valence-corrected chi connectivity index (χ1v) is 3.65. The largest absolute Gasteiger partial charge is 0.395 e. The number of thioether (sulfide) groups is 1. The van der Waals surface area contributed by atoms with Gasteiger partial charge in [0.25, 0.3) is 5.24 Å². The molecule has 0 aliphatic carbocycles. The highest BCUT2D eigenvalue weighted by Gasteiger charge is 2.07. The third-order valence-corrected chi connectivity index (χ3v) is 1.99. The fraction of sp³-hybridized carbons (Fsp3) is 0.800. The van der Waals surface area contributed by atoms with E-state index in [2.05, 4.69) is 0 Å². The van der Waals surface area contributed by atoms with Crippen molar-refractivity contribution in [1.82, 2.24) is 0 Å². The van der Waals surface area contributed by atoms with E-state index in [0.717, 1.165) is 18.2 Å². The molecule has 0 bridgehead atoms. The van der Waals surface area contributed by atoms with Gasteiger partial charge in [-0.15, -0.1) is 0 Å². The Labute approximate surface area is 58.6 Å². The summed E-state index contributed by atoms with van der Waals surface area (Å²) in [5.41, 5.74) is 4.86. The molecule has 0 heterocycles. The number of hydrogen-bond donors (Lipinski definition) is 2. The molecule has 0 aliphatic heterocycles. The molecule has 0 radical (unpaired) electrons. The third kappa shape index (κ3) is 4.29. The van der Waals surface area contributed by atoms with Crippen LogP contribution in [0.4, 0.5) is 4.79 Å². The highest BCUT2D eigenvalue weighted by molar-refractivity contribution is 8.14. The van der Waals surface area contributed by atoms with Gasteiger partial charge in [0.05, 0.1) is 6.61 Å². The standard InChI is InChI=1S/C5H11NO2S/c1-2-4(3-7)9-5(6)8/h4,7H,2-3H2,1H3,(H2,6,8)/t4-/m0/s1. The van der Waals surface area contributed by atoms with Crippen molar-refractivity contribution in [2.75, 3.05) is 6.61 Å². The summed E-state index contributed by atoms with van der Waals surface area (Å²) in [5, 5.41) is 8.10. The molecule has 0 unspecified atom stereocenters. The second-order valence-electron chi connectivity index (χ2n) is 1.65. The number of primary amides is 1. The van der Waals surface area contributed by atoms with Crippen LogP contribution in [0.3, 0.4) is 0 Å². The molecule has 54 valence electrons. The van der Waals surface area contributed by atoms with E-state index in [9.17, 15) is 4.79 Å². The van der Waals surface area contributed by atoms with E-state index in [1.54, 1.807) is 0 Å². The number of aliphatic hydroxyl groups excluding tert-OH is 1. The zero-order chi connectivity index (χ0) is 7.28. The molecule has 9 heavy (non-hydrogen) atoms. The van der Waals surface area contributed by atoms with Gasteiger partial charge in [0.2, 0.25) is 0 Å². The molecule has 4 heteroatoms. The number of hydrogen-bond acceptors (Lipinski definition) is 3. The summed E-state index contributed by atoms with van der Waals surface area (Å²) < 4.78 is 0. The average molecular weight is 149 g/mol. The van der Waals surface area contributed by atoms with Gasteiger partial charge in [0.15, 0.2) is 0 Å². The maximum atomic E-state index is 10.2. The van der Waals surface area contributed by atoms with Crippen LogP contribution in [0.5, 0.6) is 0 Å². The van der Waals surface area contributed by atoms with Crippen molar-refractivity contribution in [1.29, 1.82) is 0 Å². The number of aliphatic hydroxyl groups is 1. The maximum absolute atomic E-state index is 10.2. The van der Waals surface area contributed by atoms with Gasteiger partial charge in [-0.2, -0.15) is 0 Å². The van der Waals surface area contributed by atoms with Crippen LogP contribution < -0.4 is 5.73 Å². The predicted octanol–water partition coefficient (Wildman–Crippen LogP) is 0.569. The van der Waals surface area contributed by atoms with Crippen molar-refractivity contribution in [3.8, 4) is 0 Å². The Kier molecular flexibility index (Phi) is 4.53. The molecule has 0 spiro atoms. The van der Waals surface area contributed by atoms with Gasteiger partial charge in [0.1, 0.15) is 0 Å². The van der Waals surface area contributed by atoms with Gasteiger partial charge >= 0.3 is 0 Å². The SMILES string of the molecule is CC[C@@H](CO)SC(N)=O. The van der Waals surface area contributed by atoms with E-state index in [4.69, 9.17) is 10.8 Å². The lowest BCUT2D eigenvalue weighted by Gasteiger charge is -2.05. The summed E-state index contributed by atoms with van der Waals surface area (Å²) in [4.78, 5) is 10.2. The topological polar surface area (TPSA) is 63.3 Å². The van der Waals surface area contributed by atoms with Gasteiger partial charge in [0, 0.05) is 5.25 Å². The van der Waals surface area contributed by atoms with E-state index in [0.29, 0.717) is 0 Å². The van der Waals surface area contributed by atoms with E-state index in [-0.39, 0.29) is 11.9 Å². The van der Waals surface area contributed by atoms with Crippen LogP contribution >= 0.6 is 11.8 Å². The highest BCUT2D eigenvalue weighted by Crippen LogP contribution is 2.12. The molecule has 1 amide bonds. The van der Waals surface area contributed by atoms with Crippen molar-refractivity contribution in [2.45, 2.75) is 18.6 Å². The Morgan fingerprint density at radius 2 is 2.44 bits per heavy atom. The summed E-state index contributed by atoms with van der Waals surface area (Å²) >= 11 is 0.988. The molecule has 3 nitrogen and oxygen atoms in total. The van der Waals surface area contributed by atoms with Crippen LogP contribution in [0.25, 0.3) is 0 Å². The van der Waals surface area contributed by atoms with E-state index < -0.39 is 5.24 Å². The fourth-order valence-electron chi connectivity index (χ4n) is 0.414. The zero-order valence-electron chi connectivity index (χ0n) is 5.33. The van der Waals surface area contributed by atoms with Crippen LogP contribution in [0, 0.1) is 0 Å². The van der Waals surface area contributed by atoms with Crippen LogP contribution in [0.1, 0.15) is 13.3 Å². The van der Waals surface area contributed by atoms with Crippen LogP contribution in [-0.2, 0) is 0 Å². The first-order chi connectivity index (χ1) is 4.20. The number of amides is 1. The summed E-state index contributed by atoms with van der Waals surface area (Å²) in [6.07, 6.45) is 0.768.